The molecular formula is C12H22O4S. The van der Waals surface area contributed by atoms with Crippen LogP contribution in [0.5, 0.6) is 0 Å². The third-order valence-electron chi connectivity index (χ3n) is 4.58. The number of aliphatic hydroxyl groups excluding tert-OH is 1. The van der Waals surface area contributed by atoms with Crippen molar-refractivity contribution in [2.24, 2.45) is 5.41 Å². The average molecular weight is 262 g/mol. The van der Waals surface area contributed by atoms with Crippen LogP contribution in [0.15, 0.2) is 0 Å². The minimum absolute atomic E-state index is 0.0486. The molecule has 1 saturated heterocycles. The lowest BCUT2D eigenvalue weighted by Gasteiger charge is -2.50. The minimum atomic E-state index is -3.11. The second-order valence-corrected chi connectivity index (χ2v) is 7.91. The van der Waals surface area contributed by atoms with E-state index in [2.05, 4.69) is 0 Å². The van der Waals surface area contributed by atoms with Crippen molar-refractivity contribution in [2.75, 3.05) is 18.1 Å². The summed E-state index contributed by atoms with van der Waals surface area (Å²) in [5.74, 6) is 0.151. The Kier molecular flexibility index (Phi) is 3.54. The molecule has 17 heavy (non-hydrogen) atoms. The average Bonchev–Trinajstić information content (AvgIpc) is 2.28. The summed E-state index contributed by atoms with van der Waals surface area (Å²) in [6.45, 7) is -0.220. The van der Waals surface area contributed by atoms with Gasteiger partial charge in [0.1, 0.15) is 0 Å². The SMILES string of the molecule is O=S1(=O)CCCC(CO)(C2(O)CCCCC2)C1. The maximum Gasteiger partial charge on any atom is 0.151 e. The molecule has 2 fully saturated rings. The molecule has 1 unspecified atom stereocenters. The van der Waals surface area contributed by atoms with Crippen LogP contribution in [-0.2, 0) is 9.84 Å². The molecule has 0 aromatic heterocycles. The smallest absolute Gasteiger partial charge is 0.151 e. The number of aliphatic hydroxyl groups is 2. The molecule has 0 radical (unpaired) electrons. The Morgan fingerprint density at radius 2 is 1.65 bits per heavy atom. The molecule has 0 bridgehead atoms. The number of hydrogen-bond donors (Lipinski definition) is 2. The minimum Gasteiger partial charge on any atom is -0.396 e. The topological polar surface area (TPSA) is 74.6 Å². The van der Waals surface area contributed by atoms with Crippen molar-refractivity contribution in [3.8, 4) is 0 Å². The van der Waals surface area contributed by atoms with Crippen LogP contribution in [-0.4, -0.2) is 42.3 Å². The van der Waals surface area contributed by atoms with E-state index in [9.17, 15) is 18.6 Å². The van der Waals surface area contributed by atoms with Crippen molar-refractivity contribution in [1.29, 1.82) is 0 Å². The molecule has 2 rings (SSSR count). The summed E-state index contributed by atoms with van der Waals surface area (Å²) in [6, 6.07) is 0. The highest BCUT2D eigenvalue weighted by Gasteiger charge is 2.53. The molecule has 1 heterocycles. The van der Waals surface area contributed by atoms with Gasteiger partial charge in [-0.1, -0.05) is 19.3 Å². The molecule has 5 heteroatoms. The second-order valence-electron chi connectivity index (χ2n) is 5.73. The Labute approximate surface area is 103 Å². The molecule has 4 nitrogen and oxygen atoms in total. The maximum atomic E-state index is 11.8. The summed E-state index contributed by atoms with van der Waals surface area (Å²) < 4.78 is 23.6. The molecule has 1 atom stereocenters. The quantitative estimate of drug-likeness (QED) is 0.774. The van der Waals surface area contributed by atoms with Crippen LogP contribution in [0, 0.1) is 5.41 Å². The van der Waals surface area contributed by atoms with Crippen molar-refractivity contribution in [2.45, 2.75) is 50.5 Å². The van der Waals surface area contributed by atoms with Gasteiger partial charge in [0.25, 0.3) is 0 Å². The number of sulfone groups is 1. The van der Waals surface area contributed by atoms with Gasteiger partial charge < -0.3 is 10.2 Å². The zero-order chi connectivity index (χ0) is 12.6. The van der Waals surface area contributed by atoms with E-state index in [-0.39, 0.29) is 18.1 Å². The highest BCUT2D eigenvalue weighted by atomic mass is 32.2. The third kappa shape index (κ3) is 2.37. The molecule has 0 aromatic rings. The second kappa shape index (κ2) is 4.52. The van der Waals surface area contributed by atoms with Crippen molar-refractivity contribution in [3.63, 3.8) is 0 Å². The highest BCUT2D eigenvalue weighted by molar-refractivity contribution is 7.91. The predicted molar refractivity (Wildman–Crippen MR) is 65.4 cm³/mol. The Balaban J connectivity index is 2.29. The standard InChI is InChI=1S/C12H22O4S/c13-9-11(5-4-8-17(15,16)10-11)12(14)6-2-1-3-7-12/h13-14H,1-10H2. The van der Waals surface area contributed by atoms with Crippen LogP contribution in [0.25, 0.3) is 0 Å². The van der Waals surface area contributed by atoms with Gasteiger partial charge in [0.15, 0.2) is 9.84 Å². The molecular weight excluding hydrogens is 240 g/mol. The Hall–Kier alpha value is -0.130. The molecule has 2 N–H and O–H groups in total. The van der Waals surface area contributed by atoms with Gasteiger partial charge in [0.2, 0.25) is 0 Å². The normalized spacial score (nSPS) is 36.6. The number of hydrogen-bond acceptors (Lipinski definition) is 4. The van der Waals surface area contributed by atoms with Crippen LogP contribution < -0.4 is 0 Å². The van der Waals surface area contributed by atoms with Gasteiger partial charge in [-0.25, -0.2) is 8.42 Å². The lowest BCUT2D eigenvalue weighted by Crippen LogP contribution is -2.57. The lowest BCUT2D eigenvalue weighted by atomic mass is 9.64. The summed E-state index contributed by atoms with van der Waals surface area (Å²) >= 11 is 0. The predicted octanol–water partition coefficient (Wildman–Crippen LogP) is 0.869. The van der Waals surface area contributed by atoms with E-state index in [0.29, 0.717) is 25.7 Å². The van der Waals surface area contributed by atoms with Crippen LogP contribution in [0.2, 0.25) is 0 Å². The van der Waals surface area contributed by atoms with Crippen LogP contribution in [0.3, 0.4) is 0 Å². The number of rotatable bonds is 2. The van der Waals surface area contributed by atoms with Gasteiger partial charge >= 0.3 is 0 Å². The van der Waals surface area contributed by atoms with Gasteiger partial charge in [-0.3, -0.25) is 0 Å². The van der Waals surface area contributed by atoms with E-state index in [1.54, 1.807) is 0 Å². The van der Waals surface area contributed by atoms with Crippen molar-refractivity contribution < 1.29 is 18.6 Å². The summed E-state index contributed by atoms with van der Waals surface area (Å²) in [4.78, 5) is 0. The molecule has 1 saturated carbocycles. The zero-order valence-corrected chi connectivity index (χ0v) is 11.0. The van der Waals surface area contributed by atoms with Crippen molar-refractivity contribution in [3.05, 3.63) is 0 Å². The molecule has 1 aliphatic heterocycles. The van der Waals surface area contributed by atoms with E-state index in [1.807, 2.05) is 0 Å². The van der Waals surface area contributed by atoms with Crippen LogP contribution in [0.4, 0.5) is 0 Å². The largest absolute Gasteiger partial charge is 0.396 e. The van der Waals surface area contributed by atoms with Crippen molar-refractivity contribution in [1.82, 2.24) is 0 Å². The molecule has 0 amide bonds. The van der Waals surface area contributed by atoms with E-state index in [1.165, 1.54) is 0 Å². The first-order valence-electron chi connectivity index (χ1n) is 6.47. The van der Waals surface area contributed by atoms with Crippen LogP contribution >= 0.6 is 0 Å². The summed E-state index contributed by atoms with van der Waals surface area (Å²) in [5, 5.41) is 20.4. The first-order chi connectivity index (χ1) is 7.93. The highest BCUT2D eigenvalue weighted by Crippen LogP contribution is 2.48. The lowest BCUT2D eigenvalue weighted by molar-refractivity contribution is -0.125. The molecule has 1 aliphatic carbocycles. The Morgan fingerprint density at radius 3 is 2.18 bits per heavy atom. The first-order valence-corrected chi connectivity index (χ1v) is 8.29. The molecule has 2 aliphatic rings. The van der Waals surface area contributed by atoms with Gasteiger partial charge in [-0.15, -0.1) is 0 Å². The summed E-state index contributed by atoms with van der Waals surface area (Å²) in [7, 11) is -3.11. The maximum absolute atomic E-state index is 11.8. The van der Waals surface area contributed by atoms with Gasteiger partial charge in [0.05, 0.1) is 23.7 Å². The van der Waals surface area contributed by atoms with E-state index in [0.717, 1.165) is 19.3 Å². The summed E-state index contributed by atoms with van der Waals surface area (Å²) in [5.41, 5.74) is -1.79. The molecule has 0 aromatic carbocycles. The van der Waals surface area contributed by atoms with Crippen LogP contribution in [0.1, 0.15) is 44.9 Å². The van der Waals surface area contributed by atoms with Gasteiger partial charge in [-0.2, -0.15) is 0 Å². The summed E-state index contributed by atoms with van der Waals surface area (Å²) in [6.07, 6.45) is 5.39. The monoisotopic (exact) mass is 262 g/mol. The van der Waals surface area contributed by atoms with Gasteiger partial charge in [0, 0.05) is 5.41 Å². The van der Waals surface area contributed by atoms with Gasteiger partial charge in [-0.05, 0) is 25.7 Å². The van der Waals surface area contributed by atoms with E-state index >= 15 is 0 Å². The third-order valence-corrected chi connectivity index (χ3v) is 6.48. The Morgan fingerprint density at radius 1 is 1.00 bits per heavy atom. The Bertz CT molecular complexity index is 370. The van der Waals surface area contributed by atoms with Crippen molar-refractivity contribution >= 4 is 9.84 Å². The molecule has 100 valence electrons. The fraction of sp³-hybridized carbons (Fsp3) is 1.00. The fourth-order valence-electron chi connectivity index (χ4n) is 3.50. The molecule has 0 spiro atoms. The zero-order valence-electron chi connectivity index (χ0n) is 10.2. The fourth-order valence-corrected chi connectivity index (χ4v) is 5.58. The van der Waals surface area contributed by atoms with E-state index < -0.39 is 20.9 Å². The first kappa shape index (κ1) is 13.3. The van der Waals surface area contributed by atoms with E-state index in [4.69, 9.17) is 0 Å².